The predicted molar refractivity (Wildman–Crippen MR) is 61.9 cm³/mol. The van der Waals surface area contributed by atoms with E-state index in [0.29, 0.717) is 24.2 Å². The van der Waals surface area contributed by atoms with Crippen molar-refractivity contribution in [2.75, 3.05) is 7.11 Å². The number of rotatable bonds is 4. The third kappa shape index (κ3) is 2.90. The van der Waals surface area contributed by atoms with Gasteiger partial charge in [-0.1, -0.05) is 6.07 Å². The zero-order valence-electron chi connectivity index (χ0n) is 9.75. The molecule has 0 amide bonds. The highest BCUT2D eigenvalue weighted by Gasteiger charge is 2.06. The van der Waals surface area contributed by atoms with Crippen molar-refractivity contribution < 1.29 is 9.47 Å². The van der Waals surface area contributed by atoms with E-state index in [9.17, 15) is 0 Å². The molecule has 17 heavy (non-hydrogen) atoms. The molecular formula is C12H13N3O2. The van der Waals surface area contributed by atoms with Crippen LogP contribution in [0.2, 0.25) is 0 Å². The maximum atomic E-state index is 5.50. The van der Waals surface area contributed by atoms with Crippen molar-refractivity contribution in [1.29, 1.82) is 0 Å². The van der Waals surface area contributed by atoms with Crippen molar-refractivity contribution in [3.63, 3.8) is 0 Å². The molecule has 0 aliphatic carbocycles. The Morgan fingerprint density at radius 3 is 2.82 bits per heavy atom. The second-order valence-electron chi connectivity index (χ2n) is 3.41. The minimum atomic E-state index is 0.334. The van der Waals surface area contributed by atoms with Gasteiger partial charge in [0.25, 0.3) is 0 Å². The first kappa shape index (κ1) is 11.3. The third-order valence-corrected chi connectivity index (χ3v) is 2.15. The number of ether oxygens (including phenoxy) is 2. The highest BCUT2D eigenvalue weighted by molar-refractivity contribution is 5.23. The van der Waals surface area contributed by atoms with Crippen LogP contribution < -0.4 is 9.47 Å². The van der Waals surface area contributed by atoms with Crippen LogP contribution in [-0.2, 0) is 6.61 Å². The Hall–Kier alpha value is -2.17. The molecule has 0 unspecified atom stereocenters. The number of nitrogens with zero attached hydrogens (tertiary/aromatic N) is 3. The second kappa shape index (κ2) is 5.25. The van der Waals surface area contributed by atoms with Crippen molar-refractivity contribution in [2.45, 2.75) is 13.5 Å². The van der Waals surface area contributed by atoms with Crippen molar-refractivity contribution in [2.24, 2.45) is 0 Å². The van der Waals surface area contributed by atoms with E-state index < -0.39 is 0 Å². The van der Waals surface area contributed by atoms with Crippen LogP contribution in [-0.4, -0.2) is 22.1 Å². The van der Waals surface area contributed by atoms with Crippen LogP contribution in [0.15, 0.2) is 30.6 Å². The summed E-state index contributed by atoms with van der Waals surface area (Å²) in [6.07, 6.45) is 3.38. The number of pyridine rings is 1. The van der Waals surface area contributed by atoms with Gasteiger partial charge in [-0.2, -0.15) is 4.98 Å². The largest absolute Gasteiger partial charge is 0.481 e. The summed E-state index contributed by atoms with van der Waals surface area (Å²) in [6, 6.07) is 5.50. The van der Waals surface area contributed by atoms with E-state index in [1.54, 1.807) is 25.6 Å². The van der Waals surface area contributed by atoms with Crippen LogP contribution in [0.4, 0.5) is 0 Å². The van der Waals surface area contributed by atoms with Gasteiger partial charge in [-0.25, -0.2) is 9.97 Å². The molecule has 5 heteroatoms. The van der Waals surface area contributed by atoms with Crippen molar-refractivity contribution in [3.8, 4) is 11.8 Å². The minimum Gasteiger partial charge on any atom is -0.481 e. The maximum absolute atomic E-state index is 5.50. The third-order valence-electron chi connectivity index (χ3n) is 2.15. The molecule has 0 bridgehead atoms. The van der Waals surface area contributed by atoms with Gasteiger partial charge in [-0.15, -0.1) is 0 Å². The first-order valence-electron chi connectivity index (χ1n) is 5.20. The number of aryl methyl sites for hydroxylation is 1. The number of hydrogen-bond acceptors (Lipinski definition) is 5. The van der Waals surface area contributed by atoms with Crippen molar-refractivity contribution in [3.05, 3.63) is 42.0 Å². The van der Waals surface area contributed by atoms with E-state index >= 15 is 0 Å². The number of hydrogen-bond donors (Lipinski definition) is 0. The predicted octanol–water partition coefficient (Wildman–Crippen LogP) is 1.77. The van der Waals surface area contributed by atoms with Gasteiger partial charge in [0.1, 0.15) is 12.4 Å². The van der Waals surface area contributed by atoms with Crippen LogP contribution in [0, 0.1) is 6.92 Å². The molecule has 2 aromatic heterocycles. The van der Waals surface area contributed by atoms with Gasteiger partial charge in [0.15, 0.2) is 0 Å². The van der Waals surface area contributed by atoms with Crippen molar-refractivity contribution in [1.82, 2.24) is 15.0 Å². The van der Waals surface area contributed by atoms with Gasteiger partial charge in [-0.3, -0.25) is 0 Å². The lowest BCUT2D eigenvalue weighted by atomic mass is 10.3. The number of methoxy groups -OCH3 is 1. The average Bonchev–Trinajstić information content (AvgIpc) is 2.38. The van der Waals surface area contributed by atoms with E-state index in [0.717, 1.165) is 5.56 Å². The fourth-order valence-corrected chi connectivity index (χ4v) is 1.33. The Bertz CT molecular complexity index is 488. The molecule has 0 aromatic carbocycles. The molecule has 0 aliphatic heterocycles. The molecule has 0 spiro atoms. The highest BCUT2D eigenvalue weighted by atomic mass is 16.5. The molecule has 88 valence electrons. The normalized spacial score (nSPS) is 10.0. The highest BCUT2D eigenvalue weighted by Crippen LogP contribution is 2.16. The lowest BCUT2D eigenvalue weighted by Gasteiger charge is -2.08. The zero-order chi connectivity index (χ0) is 12.1. The lowest BCUT2D eigenvalue weighted by Crippen LogP contribution is -2.03. The molecule has 0 saturated heterocycles. The van der Waals surface area contributed by atoms with Crippen LogP contribution in [0.5, 0.6) is 11.8 Å². The molecule has 5 nitrogen and oxygen atoms in total. The molecule has 0 atom stereocenters. The minimum absolute atomic E-state index is 0.334. The van der Waals surface area contributed by atoms with Gasteiger partial charge in [0.05, 0.1) is 12.7 Å². The first-order valence-corrected chi connectivity index (χ1v) is 5.20. The van der Waals surface area contributed by atoms with Crippen LogP contribution in [0.1, 0.15) is 11.4 Å². The Morgan fingerprint density at radius 2 is 2.12 bits per heavy atom. The summed E-state index contributed by atoms with van der Waals surface area (Å²) < 4.78 is 10.7. The standard InChI is InChI=1S/C12H13N3O2/c1-9-14-7-10(12(15-9)16-2)8-17-11-5-3-4-6-13-11/h3-7H,8H2,1-2H3. The Balaban J connectivity index is 2.09. The summed E-state index contributed by atoms with van der Waals surface area (Å²) in [5, 5.41) is 0. The monoisotopic (exact) mass is 231 g/mol. The molecule has 2 heterocycles. The maximum Gasteiger partial charge on any atom is 0.223 e. The fraction of sp³-hybridized carbons (Fsp3) is 0.250. The van der Waals surface area contributed by atoms with Gasteiger partial charge in [0.2, 0.25) is 11.8 Å². The molecule has 0 fully saturated rings. The molecule has 0 radical (unpaired) electrons. The first-order chi connectivity index (χ1) is 8.29. The van der Waals surface area contributed by atoms with E-state index in [-0.39, 0.29) is 0 Å². The zero-order valence-corrected chi connectivity index (χ0v) is 9.75. The topological polar surface area (TPSA) is 57.1 Å². The second-order valence-corrected chi connectivity index (χ2v) is 3.41. The van der Waals surface area contributed by atoms with Gasteiger partial charge in [-0.05, 0) is 13.0 Å². The Kier molecular flexibility index (Phi) is 3.49. The molecule has 0 N–H and O–H groups in total. The van der Waals surface area contributed by atoms with Gasteiger partial charge < -0.3 is 9.47 Å². The van der Waals surface area contributed by atoms with Gasteiger partial charge >= 0.3 is 0 Å². The van der Waals surface area contributed by atoms with E-state index in [4.69, 9.17) is 9.47 Å². The summed E-state index contributed by atoms with van der Waals surface area (Å²) in [5.74, 6) is 1.77. The summed E-state index contributed by atoms with van der Waals surface area (Å²) >= 11 is 0. The van der Waals surface area contributed by atoms with E-state index in [1.165, 1.54) is 0 Å². The van der Waals surface area contributed by atoms with Gasteiger partial charge in [0, 0.05) is 18.5 Å². The van der Waals surface area contributed by atoms with E-state index in [2.05, 4.69) is 15.0 Å². The molecule has 2 rings (SSSR count). The SMILES string of the molecule is COc1nc(C)ncc1COc1ccccn1. The van der Waals surface area contributed by atoms with Crippen LogP contribution in [0.3, 0.4) is 0 Å². The van der Waals surface area contributed by atoms with Crippen LogP contribution in [0.25, 0.3) is 0 Å². The summed E-state index contributed by atoms with van der Waals surface area (Å²) in [5.41, 5.74) is 0.795. The summed E-state index contributed by atoms with van der Waals surface area (Å²) in [6.45, 7) is 2.15. The number of aromatic nitrogens is 3. The molecular weight excluding hydrogens is 218 g/mol. The molecule has 0 saturated carbocycles. The Morgan fingerprint density at radius 1 is 1.24 bits per heavy atom. The lowest BCUT2D eigenvalue weighted by molar-refractivity contribution is 0.282. The smallest absolute Gasteiger partial charge is 0.223 e. The summed E-state index contributed by atoms with van der Waals surface area (Å²) in [7, 11) is 1.58. The quantitative estimate of drug-likeness (QED) is 0.802. The average molecular weight is 231 g/mol. The fourth-order valence-electron chi connectivity index (χ4n) is 1.33. The van der Waals surface area contributed by atoms with E-state index in [1.807, 2.05) is 19.1 Å². The van der Waals surface area contributed by atoms with Crippen LogP contribution >= 0.6 is 0 Å². The molecule has 2 aromatic rings. The van der Waals surface area contributed by atoms with Crippen molar-refractivity contribution >= 4 is 0 Å². The Labute approximate surface area is 99.5 Å². The molecule has 0 aliphatic rings. The summed E-state index contributed by atoms with van der Waals surface area (Å²) in [4.78, 5) is 12.3.